The zero-order valence-electron chi connectivity index (χ0n) is 14.5. The molecule has 1 aromatic rings. The molecule has 138 valence electrons. The number of rotatable bonds is 5. The van der Waals surface area contributed by atoms with E-state index in [1.54, 1.807) is 11.4 Å². The summed E-state index contributed by atoms with van der Waals surface area (Å²) in [5, 5.41) is 8.91. The quantitative estimate of drug-likeness (QED) is 0.805. The van der Waals surface area contributed by atoms with E-state index in [2.05, 4.69) is 4.90 Å². The van der Waals surface area contributed by atoms with E-state index >= 15 is 0 Å². The van der Waals surface area contributed by atoms with E-state index in [9.17, 15) is 13.2 Å². The van der Waals surface area contributed by atoms with Gasteiger partial charge in [-0.3, -0.25) is 9.69 Å². The summed E-state index contributed by atoms with van der Waals surface area (Å²) in [6, 6.07) is 6.40. The molecule has 2 aliphatic heterocycles. The molecule has 0 saturated carbocycles. The van der Waals surface area contributed by atoms with Crippen LogP contribution in [0.4, 0.5) is 0 Å². The zero-order valence-corrected chi connectivity index (χ0v) is 15.3. The number of hydrogen-bond donors (Lipinski definition) is 1. The van der Waals surface area contributed by atoms with Crippen LogP contribution in [-0.4, -0.2) is 86.0 Å². The maximum absolute atomic E-state index is 12.9. The van der Waals surface area contributed by atoms with Crippen LogP contribution in [0.1, 0.15) is 23.2 Å². The molecule has 7 nitrogen and oxygen atoms in total. The monoisotopic (exact) mass is 367 g/mol. The molecule has 1 amide bonds. The zero-order chi connectivity index (χ0) is 18.0. The highest BCUT2D eigenvalue weighted by Gasteiger charge is 2.36. The van der Waals surface area contributed by atoms with E-state index in [1.165, 1.54) is 29.2 Å². The van der Waals surface area contributed by atoms with Crippen molar-refractivity contribution in [3.8, 4) is 0 Å². The number of sulfonamides is 1. The van der Waals surface area contributed by atoms with E-state index in [4.69, 9.17) is 5.11 Å². The first-order valence-electron chi connectivity index (χ1n) is 8.64. The number of carbonyl (C=O) groups is 1. The minimum Gasteiger partial charge on any atom is -0.395 e. The number of nitrogens with zero attached hydrogens (tertiary/aromatic N) is 3. The van der Waals surface area contributed by atoms with Crippen LogP contribution in [0.25, 0.3) is 0 Å². The Labute approximate surface area is 148 Å². The Morgan fingerprint density at radius 2 is 1.96 bits per heavy atom. The Morgan fingerprint density at radius 3 is 2.64 bits per heavy atom. The number of benzene rings is 1. The molecule has 0 radical (unpaired) electrons. The Kier molecular flexibility index (Phi) is 5.43. The fraction of sp³-hybridized carbons (Fsp3) is 0.588. The summed E-state index contributed by atoms with van der Waals surface area (Å²) < 4.78 is 27.3. The second-order valence-corrected chi connectivity index (χ2v) is 8.61. The molecule has 3 rings (SSSR count). The van der Waals surface area contributed by atoms with Gasteiger partial charge in [0, 0.05) is 44.8 Å². The summed E-state index contributed by atoms with van der Waals surface area (Å²) in [5.74, 6) is -0.238. The number of fused-ring (bicyclic) bond motifs is 1. The maximum Gasteiger partial charge on any atom is 0.253 e. The van der Waals surface area contributed by atoms with Gasteiger partial charge in [0.05, 0.1) is 11.5 Å². The third-order valence-corrected chi connectivity index (χ3v) is 6.95. The molecule has 1 atom stereocenters. The van der Waals surface area contributed by atoms with E-state index in [-0.39, 0.29) is 24.0 Å². The first kappa shape index (κ1) is 18.3. The van der Waals surface area contributed by atoms with Crippen LogP contribution in [0.5, 0.6) is 0 Å². The lowest BCUT2D eigenvalue weighted by molar-refractivity contribution is 0.0767. The van der Waals surface area contributed by atoms with E-state index in [0.717, 1.165) is 25.9 Å². The molecule has 0 bridgehead atoms. The van der Waals surface area contributed by atoms with E-state index < -0.39 is 10.0 Å². The SMILES string of the molecule is CN(CCO)C(=O)c1ccc(S(=O)(=O)N2CCN3CCC[C@@H]3C2)cc1. The van der Waals surface area contributed by atoms with Crippen LogP contribution < -0.4 is 0 Å². The molecule has 8 heteroatoms. The third-order valence-electron chi connectivity index (χ3n) is 5.07. The molecule has 2 saturated heterocycles. The second-order valence-electron chi connectivity index (χ2n) is 6.67. The predicted molar refractivity (Wildman–Crippen MR) is 93.8 cm³/mol. The lowest BCUT2D eigenvalue weighted by Gasteiger charge is -2.36. The highest BCUT2D eigenvalue weighted by molar-refractivity contribution is 7.89. The average molecular weight is 367 g/mol. The summed E-state index contributed by atoms with van der Waals surface area (Å²) in [5.41, 5.74) is 0.413. The van der Waals surface area contributed by atoms with E-state index in [0.29, 0.717) is 24.7 Å². The molecule has 2 heterocycles. The number of piperazine rings is 1. The Hall–Kier alpha value is -1.48. The molecule has 25 heavy (non-hydrogen) atoms. The third kappa shape index (κ3) is 3.72. The molecule has 0 aliphatic carbocycles. The van der Waals surface area contributed by atoms with Gasteiger partial charge >= 0.3 is 0 Å². The second kappa shape index (κ2) is 7.41. The highest BCUT2D eigenvalue weighted by atomic mass is 32.2. The van der Waals surface area contributed by atoms with Crippen LogP contribution >= 0.6 is 0 Å². The number of carbonyl (C=O) groups excluding carboxylic acids is 1. The van der Waals surface area contributed by atoms with Gasteiger partial charge in [0.1, 0.15) is 0 Å². The molecular weight excluding hydrogens is 342 g/mol. The minimum absolute atomic E-state index is 0.109. The molecule has 2 fully saturated rings. The summed E-state index contributed by atoms with van der Waals surface area (Å²) in [4.78, 5) is 16.2. The number of hydrogen-bond acceptors (Lipinski definition) is 5. The molecule has 1 aromatic carbocycles. The van der Waals surface area contributed by atoms with Crippen molar-refractivity contribution in [1.82, 2.24) is 14.1 Å². The van der Waals surface area contributed by atoms with Gasteiger partial charge in [-0.1, -0.05) is 0 Å². The summed E-state index contributed by atoms with van der Waals surface area (Å²) in [7, 11) is -1.93. The van der Waals surface area contributed by atoms with Crippen molar-refractivity contribution in [3.63, 3.8) is 0 Å². The minimum atomic E-state index is -3.53. The molecule has 1 N–H and O–H groups in total. The maximum atomic E-state index is 12.9. The lowest BCUT2D eigenvalue weighted by atomic mass is 10.2. The van der Waals surface area contributed by atoms with Crippen molar-refractivity contribution in [2.24, 2.45) is 0 Å². The first-order valence-corrected chi connectivity index (χ1v) is 10.1. The van der Waals surface area contributed by atoms with E-state index in [1.807, 2.05) is 0 Å². The van der Waals surface area contributed by atoms with Gasteiger partial charge in [-0.15, -0.1) is 0 Å². The van der Waals surface area contributed by atoms with Crippen molar-refractivity contribution in [1.29, 1.82) is 0 Å². The lowest BCUT2D eigenvalue weighted by Crippen LogP contribution is -2.51. The van der Waals surface area contributed by atoms with Gasteiger partial charge in [0.15, 0.2) is 0 Å². The van der Waals surface area contributed by atoms with Crippen LogP contribution in [0.3, 0.4) is 0 Å². The van der Waals surface area contributed by atoms with Crippen molar-refractivity contribution < 1.29 is 18.3 Å². The molecule has 0 spiro atoms. The predicted octanol–water partition coefficient (Wildman–Crippen LogP) is 0.220. The molecular formula is C17H25N3O4S. The highest BCUT2D eigenvalue weighted by Crippen LogP contribution is 2.26. The Balaban J connectivity index is 1.73. The fourth-order valence-corrected chi connectivity index (χ4v) is 5.04. The number of aliphatic hydroxyl groups excluding tert-OH is 1. The van der Waals surface area contributed by atoms with Crippen LogP contribution in [0.15, 0.2) is 29.2 Å². The van der Waals surface area contributed by atoms with Gasteiger partial charge < -0.3 is 10.0 Å². The summed E-state index contributed by atoms with van der Waals surface area (Å²) in [6.07, 6.45) is 2.19. The number of likely N-dealkylation sites (N-methyl/N-ethyl adjacent to an activating group) is 1. The smallest absolute Gasteiger partial charge is 0.253 e. The van der Waals surface area contributed by atoms with Gasteiger partial charge in [-0.2, -0.15) is 4.31 Å². The van der Waals surface area contributed by atoms with Crippen LogP contribution in [0, 0.1) is 0 Å². The molecule has 0 aromatic heterocycles. The average Bonchev–Trinajstić information content (AvgIpc) is 3.09. The van der Waals surface area contributed by atoms with Crippen LogP contribution in [-0.2, 0) is 10.0 Å². The summed E-state index contributed by atoms with van der Waals surface area (Å²) in [6.45, 7) is 3.04. The van der Waals surface area contributed by atoms with Gasteiger partial charge in [0.25, 0.3) is 5.91 Å². The van der Waals surface area contributed by atoms with Crippen molar-refractivity contribution in [3.05, 3.63) is 29.8 Å². The fourth-order valence-electron chi connectivity index (χ4n) is 3.57. The van der Waals surface area contributed by atoms with Crippen molar-refractivity contribution in [2.75, 3.05) is 46.4 Å². The van der Waals surface area contributed by atoms with Crippen molar-refractivity contribution in [2.45, 2.75) is 23.8 Å². The first-order chi connectivity index (χ1) is 11.9. The Morgan fingerprint density at radius 1 is 1.24 bits per heavy atom. The van der Waals surface area contributed by atoms with Crippen molar-refractivity contribution >= 4 is 15.9 Å². The standard InChI is InChI=1S/C17H25N3O4S/c1-18(11-12-21)17(22)14-4-6-16(7-5-14)25(23,24)20-10-9-19-8-2-3-15(19)13-20/h4-7,15,21H,2-3,8-13H2,1H3/t15-/m1/s1. The molecule has 2 aliphatic rings. The topological polar surface area (TPSA) is 81.2 Å². The number of aliphatic hydroxyl groups is 1. The molecule has 0 unspecified atom stereocenters. The van der Waals surface area contributed by atoms with Gasteiger partial charge in [-0.05, 0) is 43.7 Å². The van der Waals surface area contributed by atoms with Gasteiger partial charge in [-0.25, -0.2) is 8.42 Å². The summed E-state index contributed by atoms with van der Waals surface area (Å²) >= 11 is 0. The normalized spacial score (nSPS) is 21.9. The van der Waals surface area contributed by atoms with Gasteiger partial charge in [0.2, 0.25) is 10.0 Å². The number of amides is 1. The largest absolute Gasteiger partial charge is 0.395 e. The van der Waals surface area contributed by atoms with Crippen LogP contribution in [0.2, 0.25) is 0 Å². The Bertz CT molecular complexity index is 720.